The van der Waals surface area contributed by atoms with Gasteiger partial charge < -0.3 is 15.4 Å². The summed E-state index contributed by atoms with van der Waals surface area (Å²) in [6.45, 7) is 4.69. The first-order chi connectivity index (χ1) is 7.79. The van der Waals surface area contributed by atoms with Crippen molar-refractivity contribution in [2.75, 3.05) is 26.8 Å². The molecule has 1 aliphatic rings. The topological polar surface area (TPSA) is 50.8 Å². The molecular weight excluding hydrogens is 202 g/mol. The summed E-state index contributed by atoms with van der Waals surface area (Å²) in [5, 5.41) is 0. The molecule has 4 heteroatoms. The number of nitrogens with zero attached hydrogens (tertiary/aromatic N) is 2. The van der Waals surface area contributed by atoms with E-state index < -0.39 is 0 Å². The third kappa shape index (κ3) is 4.00. The van der Waals surface area contributed by atoms with Gasteiger partial charge >= 0.3 is 0 Å². The molecule has 4 nitrogen and oxygen atoms in total. The van der Waals surface area contributed by atoms with Crippen LogP contribution in [0.15, 0.2) is 4.99 Å². The van der Waals surface area contributed by atoms with Crippen LogP contribution in [0.2, 0.25) is 0 Å². The molecule has 0 bridgehead atoms. The molecule has 0 aliphatic carbocycles. The van der Waals surface area contributed by atoms with Crippen LogP contribution in [0, 0.1) is 0 Å². The molecule has 2 N–H and O–H groups in total. The second kappa shape index (κ2) is 7.49. The standard InChI is InChI=1S/C12H25N3O/c1-3-4-5-6-7-11-10-14-12(13)15(11)8-9-16-2/h11H,3-10H2,1-2H3,(H2,13,14). The second-order valence-electron chi connectivity index (χ2n) is 4.39. The molecule has 0 amide bonds. The molecule has 0 aromatic rings. The van der Waals surface area contributed by atoms with Gasteiger partial charge in [0.25, 0.3) is 0 Å². The molecule has 0 aromatic carbocycles. The Morgan fingerprint density at radius 1 is 1.44 bits per heavy atom. The summed E-state index contributed by atoms with van der Waals surface area (Å²) in [4.78, 5) is 6.51. The number of hydrogen-bond acceptors (Lipinski definition) is 4. The molecule has 0 aromatic heterocycles. The first-order valence-electron chi connectivity index (χ1n) is 6.35. The Hall–Kier alpha value is -0.770. The van der Waals surface area contributed by atoms with E-state index in [1.54, 1.807) is 7.11 Å². The molecule has 1 unspecified atom stereocenters. The van der Waals surface area contributed by atoms with Crippen molar-refractivity contribution in [3.05, 3.63) is 0 Å². The van der Waals surface area contributed by atoms with Gasteiger partial charge in [0.2, 0.25) is 0 Å². The molecule has 1 atom stereocenters. The van der Waals surface area contributed by atoms with Crippen LogP contribution in [0.5, 0.6) is 0 Å². The minimum Gasteiger partial charge on any atom is -0.383 e. The summed E-state index contributed by atoms with van der Waals surface area (Å²) in [6.07, 6.45) is 6.43. The van der Waals surface area contributed by atoms with Crippen molar-refractivity contribution in [3.63, 3.8) is 0 Å². The predicted octanol–water partition coefficient (Wildman–Crippen LogP) is 1.60. The number of aliphatic imine (C=N–C) groups is 1. The first-order valence-corrected chi connectivity index (χ1v) is 6.35. The molecule has 0 spiro atoms. The van der Waals surface area contributed by atoms with Gasteiger partial charge in [-0.15, -0.1) is 0 Å². The van der Waals surface area contributed by atoms with Gasteiger partial charge in [0, 0.05) is 13.7 Å². The van der Waals surface area contributed by atoms with Crippen LogP contribution in [0.25, 0.3) is 0 Å². The SMILES string of the molecule is CCCCCCC1CN=C(N)N1CCOC. The smallest absolute Gasteiger partial charge is 0.191 e. The maximum absolute atomic E-state index is 5.86. The second-order valence-corrected chi connectivity index (χ2v) is 4.39. The minimum absolute atomic E-state index is 0.506. The lowest BCUT2D eigenvalue weighted by molar-refractivity contribution is 0.164. The summed E-state index contributed by atoms with van der Waals surface area (Å²) in [7, 11) is 1.72. The van der Waals surface area contributed by atoms with E-state index in [9.17, 15) is 0 Å². The van der Waals surface area contributed by atoms with E-state index in [1.165, 1.54) is 32.1 Å². The van der Waals surface area contributed by atoms with Crippen LogP contribution in [0.3, 0.4) is 0 Å². The molecule has 0 saturated carbocycles. The highest BCUT2D eigenvalue weighted by Gasteiger charge is 2.24. The summed E-state index contributed by atoms with van der Waals surface area (Å²) in [5.74, 6) is 0.692. The zero-order valence-electron chi connectivity index (χ0n) is 10.6. The van der Waals surface area contributed by atoms with Crippen molar-refractivity contribution >= 4 is 5.96 Å². The molecule has 1 rings (SSSR count). The van der Waals surface area contributed by atoms with Crippen molar-refractivity contribution in [2.24, 2.45) is 10.7 Å². The lowest BCUT2D eigenvalue weighted by Gasteiger charge is -2.25. The summed E-state index contributed by atoms with van der Waals surface area (Å²) < 4.78 is 5.09. The van der Waals surface area contributed by atoms with Crippen LogP contribution >= 0.6 is 0 Å². The highest BCUT2D eigenvalue weighted by Crippen LogP contribution is 2.15. The van der Waals surface area contributed by atoms with E-state index in [-0.39, 0.29) is 0 Å². The van der Waals surface area contributed by atoms with E-state index in [2.05, 4.69) is 16.8 Å². The third-order valence-electron chi connectivity index (χ3n) is 3.13. The largest absolute Gasteiger partial charge is 0.383 e. The van der Waals surface area contributed by atoms with Gasteiger partial charge in [0.05, 0.1) is 19.2 Å². The summed E-state index contributed by atoms with van der Waals surface area (Å²) in [5.41, 5.74) is 5.86. The third-order valence-corrected chi connectivity index (χ3v) is 3.13. The first kappa shape index (κ1) is 13.3. The molecule has 1 heterocycles. The highest BCUT2D eigenvalue weighted by molar-refractivity contribution is 5.80. The van der Waals surface area contributed by atoms with Gasteiger partial charge in [-0.25, -0.2) is 0 Å². The van der Waals surface area contributed by atoms with Crippen LogP contribution in [-0.4, -0.2) is 43.7 Å². The minimum atomic E-state index is 0.506. The Kier molecular flexibility index (Phi) is 6.23. The van der Waals surface area contributed by atoms with Crippen LogP contribution in [0.1, 0.15) is 39.0 Å². The van der Waals surface area contributed by atoms with E-state index in [0.29, 0.717) is 12.0 Å². The Balaban J connectivity index is 2.24. The fourth-order valence-electron chi connectivity index (χ4n) is 2.12. The van der Waals surface area contributed by atoms with Gasteiger partial charge in [-0.1, -0.05) is 32.6 Å². The Labute approximate surface area is 98.9 Å². The molecule has 0 fully saturated rings. The molecule has 0 saturated heterocycles. The Bertz CT molecular complexity index is 218. The maximum atomic E-state index is 5.86. The zero-order valence-corrected chi connectivity index (χ0v) is 10.6. The quantitative estimate of drug-likeness (QED) is 0.641. The average Bonchev–Trinajstić information content (AvgIpc) is 2.63. The van der Waals surface area contributed by atoms with Crippen LogP contribution in [0.4, 0.5) is 0 Å². The number of nitrogens with two attached hydrogens (primary N) is 1. The van der Waals surface area contributed by atoms with E-state index in [0.717, 1.165) is 19.7 Å². The molecule has 0 radical (unpaired) electrons. The van der Waals surface area contributed by atoms with Gasteiger partial charge in [-0.3, -0.25) is 4.99 Å². The van der Waals surface area contributed by atoms with Crippen molar-refractivity contribution in [2.45, 2.75) is 45.1 Å². The summed E-state index contributed by atoms with van der Waals surface area (Å²) in [6, 6.07) is 0.506. The van der Waals surface area contributed by atoms with Crippen molar-refractivity contribution in [3.8, 4) is 0 Å². The van der Waals surface area contributed by atoms with Gasteiger partial charge in [0.15, 0.2) is 5.96 Å². The lowest BCUT2D eigenvalue weighted by Crippen LogP contribution is -2.42. The van der Waals surface area contributed by atoms with Gasteiger partial charge in [-0.05, 0) is 6.42 Å². The fraction of sp³-hybridized carbons (Fsp3) is 0.917. The van der Waals surface area contributed by atoms with E-state index in [4.69, 9.17) is 10.5 Å². The van der Waals surface area contributed by atoms with E-state index in [1.807, 2.05) is 0 Å². The Morgan fingerprint density at radius 2 is 2.25 bits per heavy atom. The maximum Gasteiger partial charge on any atom is 0.191 e. The number of methoxy groups -OCH3 is 1. The van der Waals surface area contributed by atoms with Crippen molar-refractivity contribution < 1.29 is 4.74 Å². The van der Waals surface area contributed by atoms with Gasteiger partial charge in [-0.2, -0.15) is 0 Å². The highest BCUT2D eigenvalue weighted by atomic mass is 16.5. The predicted molar refractivity (Wildman–Crippen MR) is 67.6 cm³/mol. The summed E-state index contributed by atoms with van der Waals surface area (Å²) >= 11 is 0. The van der Waals surface area contributed by atoms with E-state index >= 15 is 0 Å². The monoisotopic (exact) mass is 227 g/mol. The number of hydrogen-bond donors (Lipinski definition) is 1. The Morgan fingerprint density at radius 3 is 2.94 bits per heavy atom. The number of guanidine groups is 1. The van der Waals surface area contributed by atoms with Crippen LogP contribution in [-0.2, 0) is 4.74 Å². The average molecular weight is 227 g/mol. The fourth-order valence-corrected chi connectivity index (χ4v) is 2.12. The number of rotatable bonds is 8. The van der Waals surface area contributed by atoms with Crippen molar-refractivity contribution in [1.29, 1.82) is 0 Å². The van der Waals surface area contributed by atoms with Gasteiger partial charge in [0.1, 0.15) is 0 Å². The molecular formula is C12H25N3O. The number of unbranched alkanes of at least 4 members (excludes halogenated alkanes) is 3. The van der Waals surface area contributed by atoms with Crippen LogP contribution < -0.4 is 5.73 Å². The molecule has 1 aliphatic heterocycles. The zero-order chi connectivity index (χ0) is 11.8. The normalized spacial score (nSPS) is 20.2. The lowest BCUT2D eigenvalue weighted by atomic mass is 10.1. The van der Waals surface area contributed by atoms with Crippen molar-refractivity contribution in [1.82, 2.24) is 4.90 Å². The number of ether oxygens (including phenoxy) is 1. The molecule has 16 heavy (non-hydrogen) atoms. The molecule has 94 valence electrons.